The maximum Gasteiger partial charge on any atom is 0.181 e. The van der Waals surface area contributed by atoms with Crippen LogP contribution < -0.4 is 14.2 Å². The van der Waals surface area contributed by atoms with Crippen LogP contribution in [0.1, 0.15) is 59.1 Å². The summed E-state index contributed by atoms with van der Waals surface area (Å²) in [5.41, 5.74) is 5.79. The highest BCUT2D eigenvalue weighted by Crippen LogP contribution is 2.50. The van der Waals surface area contributed by atoms with Gasteiger partial charge in [-0.2, -0.15) is 0 Å². The zero-order valence-corrected chi connectivity index (χ0v) is 41.5. The van der Waals surface area contributed by atoms with Gasteiger partial charge in [0.25, 0.3) is 0 Å². The normalized spacial score (nSPS) is 13.8. The van der Waals surface area contributed by atoms with Gasteiger partial charge in [-0.05, 0) is 158 Å². The van der Waals surface area contributed by atoms with Crippen molar-refractivity contribution in [3.8, 4) is 40.1 Å². The Balaban J connectivity index is 0.000000172. The van der Waals surface area contributed by atoms with Gasteiger partial charge in [0, 0.05) is 54.4 Å². The average molecular weight is 1000 g/mol. The number of oxazole rings is 1. The fraction of sp³-hybridized carbons (Fsp3) is 0.210. The summed E-state index contributed by atoms with van der Waals surface area (Å²) in [6.45, 7) is 3.96. The summed E-state index contributed by atoms with van der Waals surface area (Å²) in [5, 5.41) is 1.68. The molecule has 0 atom stereocenters. The van der Waals surface area contributed by atoms with Crippen molar-refractivity contribution in [1.29, 1.82) is 0 Å². The third-order valence-electron chi connectivity index (χ3n) is 14.2. The smallest absolute Gasteiger partial charge is 0.181 e. The monoisotopic (exact) mass is 1000 g/mol. The van der Waals surface area contributed by atoms with Crippen molar-refractivity contribution in [2.45, 2.75) is 65.2 Å². The minimum Gasteiger partial charge on any atom is -0.496 e. The summed E-state index contributed by atoms with van der Waals surface area (Å²) < 4.78 is 49.6. The van der Waals surface area contributed by atoms with Gasteiger partial charge < -0.3 is 18.6 Å². The van der Waals surface area contributed by atoms with E-state index in [-0.39, 0.29) is 60.5 Å². The van der Waals surface area contributed by atoms with E-state index < -0.39 is 10.8 Å². The van der Waals surface area contributed by atoms with Crippen molar-refractivity contribution in [2.75, 3.05) is 7.11 Å². The fourth-order valence-electron chi connectivity index (χ4n) is 9.44. The molecule has 9 aromatic rings. The molecule has 0 bridgehead atoms. The molecule has 6 aromatic carbocycles. The van der Waals surface area contributed by atoms with Gasteiger partial charge in [0.1, 0.15) is 40.4 Å². The lowest BCUT2D eigenvalue weighted by molar-refractivity contribution is -0.135. The highest BCUT2D eigenvalue weighted by atomic mass is 19.1. The van der Waals surface area contributed by atoms with Crippen LogP contribution in [0.25, 0.3) is 33.1 Å². The molecule has 3 aromatic heterocycles. The molecule has 0 saturated heterocycles. The molecule has 2 saturated carbocycles. The minimum absolute atomic E-state index is 0.0640. The third kappa shape index (κ3) is 11.0. The number of Topliss-reactive ketones (excluding diaryl/α,β-unsaturated/α-hetero) is 4. The Morgan fingerprint density at radius 2 is 0.920 bits per heavy atom. The molecule has 0 N–H and O–H groups in total. The lowest BCUT2D eigenvalue weighted by atomic mass is 9.88. The minimum atomic E-state index is -0.918. The number of methoxy groups -OCH3 is 1. The topological polar surface area (TPSA) is 148 Å². The van der Waals surface area contributed by atoms with Crippen molar-refractivity contribution < 1.29 is 46.6 Å². The van der Waals surface area contributed by atoms with Gasteiger partial charge in [-0.25, -0.2) is 13.8 Å². The molecule has 2 fully saturated rings. The maximum absolute atomic E-state index is 13.2. The van der Waals surface area contributed by atoms with Crippen molar-refractivity contribution in [3.63, 3.8) is 0 Å². The Morgan fingerprint density at radius 1 is 0.520 bits per heavy atom. The molecule has 75 heavy (non-hydrogen) atoms. The van der Waals surface area contributed by atoms with Crippen molar-refractivity contribution in [2.24, 2.45) is 10.8 Å². The quantitative estimate of drug-likeness (QED) is 0.0756. The SMILES string of the molecule is COc1cc2c(Oc3ccc(CC(=O)C4(C(=O)Cc5ccc(F)cc5)CC4)cc3)ccnc2cc1C.Cc1cc2nccc(Oc3ccc(CC(=O)C4(C(=O)Cc5ccc(F)cc5)CC4)cc3)c2cc1-c1cnco1. The second-order valence-corrected chi connectivity index (χ2v) is 19.3. The highest BCUT2D eigenvalue weighted by molar-refractivity contribution is 6.11. The predicted molar refractivity (Wildman–Crippen MR) is 279 cm³/mol. The number of pyridine rings is 2. The van der Waals surface area contributed by atoms with Gasteiger partial charge in [-0.1, -0.05) is 48.5 Å². The van der Waals surface area contributed by atoms with Gasteiger partial charge in [-0.3, -0.25) is 29.1 Å². The molecule has 11 rings (SSSR count). The second kappa shape index (κ2) is 21.0. The van der Waals surface area contributed by atoms with E-state index in [0.717, 1.165) is 60.9 Å². The zero-order chi connectivity index (χ0) is 52.3. The third-order valence-corrected chi connectivity index (χ3v) is 14.2. The molecule has 376 valence electrons. The number of hydrogen-bond donors (Lipinski definition) is 0. The Morgan fingerprint density at radius 3 is 1.31 bits per heavy atom. The molecular weight excluding hydrogens is 953 g/mol. The van der Waals surface area contributed by atoms with E-state index in [1.54, 1.807) is 56.0 Å². The molecule has 13 heteroatoms. The number of ketones is 4. The molecule has 2 aliphatic carbocycles. The van der Waals surface area contributed by atoms with E-state index in [1.807, 2.05) is 92.7 Å². The Kier molecular flexibility index (Phi) is 14.0. The molecule has 0 unspecified atom stereocenters. The van der Waals surface area contributed by atoms with Gasteiger partial charge in [-0.15, -0.1) is 0 Å². The summed E-state index contributed by atoms with van der Waals surface area (Å²) in [6, 6.07) is 37.8. The lowest BCUT2D eigenvalue weighted by Gasteiger charge is -2.14. The highest BCUT2D eigenvalue weighted by Gasteiger charge is 2.55. The van der Waals surface area contributed by atoms with Crippen LogP contribution in [-0.4, -0.2) is 45.2 Å². The fourth-order valence-corrected chi connectivity index (χ4v) is 9.44. The Labute approximate surface area is 431 Å². The van der Waals surface area contributed by atoms with Crippen LogP contribution in [0, 0.1) is 36.3 Å². The number of rotatable bonds is 18. The van der Waals surface area contributed by atoms with Crippen LogP contribution in [0.2, 0.25) is 0 Å². The Hall–Kier alpha value is -8.71. The standard InChI is InChI=1S/C32H25FN2O4.C30H26FNO4/c1-20-14-27-26(17-25(20)29-18-34-19-38-29)28(10-13-35-27)39-24-8-4-22(5-9-24)16-31(37)32(11-12-32)30(36)15-21-2-6-23(33)7-3-21;1-19-15-25-24(18-27(19)35-2)26(11-14-32-25)36-23-9-5-21(6-10-23)17-29(34)30(12-13-30)28(33)16-20-3-7-22(31)8-4-20/h2-10,13-14,17-19H,11-12,15-16H2,1H3;3-11,14-15,18H,12-13,16-17H2,1-2H3. The number of nitrogens with zero attached hydrogens (tertiary/aromatic N) is 3. The first-order chi connectivity index (χ1) is 36.3. The molecule has 0 amide bonds. The van der Waals surface area contributed by atoms with Crippen LogP contribution in [0.5, 0.6) is 28.7 Å². The van der Waals surface area contributed by atoms with E-state index in [9.17, 15) is 28.0 Å². The molecule has 0 aliphatic heterocycles. The number of carbonyl (C=O) groups is 4. The average Bonchev–Trinajstić information content (AvgIpc) is 4.35. The first-order valence-electron chi connectivity index (χ1n) is 24.7. The number of benzene rings is 6. The van der Waals surface area contributed by atoms with Gasteiger partial charge in [0.15, 0.2) is 35.3 Å². The number of aromatic nitrogens is 3. The van der Waals surface area contributed by atoms with Crippen LogP contribution >= 0.6 is 0 Å². The molecule has 3 heterocycles. The summed E-state index contributed by atoms with van der Waals surface area (Å²) in [5.74, 6) is 2.98. The number of hydrogen-bond acceptors (Lipinski definition) is 11. The first-order valence-corrected chi connectivity index (χ1v) is 24.7. The van der Waals surface area contributed by atoms with Gasteiger partial charge in [0.05, 0.1) is 35.2 Å². The van der Waals surface area contributed by atoms with E-state index in [1.165, 1.54) is 30.7 Å². The summed E-state index contributed by atoms with van der Waals surface area (Å²) in [6.07, 6.45) is 9.40. The maximum atomic E-state index is 13.2. The van der Waals surface area contributed by atoms with Crippen molar-refractivity contribution in [3.05, 3.63) is 203 Å². The molecule has 0 radical (unpaired) electrons. The number of carbonyl (C=O) groups excluding carboxylic acids is 4. The number of halogens is 2. The van der Waals surface area contributed by atoms with Crippen molar-refractivity contribution >= 4 is 44.9 Å². The molecule has 2 aliphatic rings. The number of fused-ring (bicyclic) bond motifs is 2. The van der Waals surface area contributed by atoms with Crippen LogP contribution in [-0.2, 0) is 44.9 Å². The molecule has 11 nitrogen and oxygen atoms in total. The summed E-state index contributed by atoms with van der Waals surface area (Å²) in [4.78, 5) is 65.0. The zero-order valence-electron chi connectivity index (χ0n) is 41.5. The van der Waals surface area contributed by atoms with Crippen LogP contribution in [0.15, 0.2) is 163 Å². The van der Waals surface area contributed by atoms with E-state index in [4.69, 9.17) is 18.6 Å². The lowest BCUT2D eigenvalue weighted by Crippen LogP contribution is -2.28. The summed E-state index contributed by atoms with van der Waals surface area (Å²) >= 11 is 0. The molecule has 0 spiro atoms. The number of ether oxygens (including phenoxy) is 3. The van der Waals surface area contributed by atoms with Crippen molar-refractivity contribution in [1.82, 2.24) is 15.0 Å². The largest absolute Gasteiger partial charge is 0.496 e. The predicted octanol–water partition coefficient (Wildman–Crippen LogP) is 13.0. The van der Waals surface area contributed by atoms with E-state index in [0.29, 0.717) is 60.0 Å². The first kappa shape index (κ1) is 49.9. The Bertz CT molecular complexity index is 3590. The van der Waals surface area contributed by atoms with Gasteiger partial charge >= 0.3 is 0 Å². The van der Waals surface area contributed by atoms with E-state index in [2.05, 4.69) is 15.0 Å². The second-order valence-electron chi connectivity index (χ2n) is 19.3. The van der Waals surface area contributed by atoms with Gasteiger partial charge in [0.2, 0.25) is 0 Å². The number of aryl methyl sites for hydroxylation is 2. The molecular formula is C62H51F2N3O8. The van der Waals surface area contributed by atoms with Crippen LogP contribution in [0.3, 0.4) is 0 Å². The van der Waals surface area contributed by atoms with Crippen LogP contribution in [0.4, 0.5) is 8.78 Å². The summed E-state index contributed by atoms with van der Waals surface area (Å²) in [7, 11) is 1.63. The van der Waals surface area contributed by atoms with E-state index >= 15 is 0 Å².